The van der Waals surface area contributed by atoms with E-state index in [-0.39, 0.29) is 5.60 Å². The Kier molecular flexibility index (Phi) is 2.52. The van der Waals surface area contributed by atoms with E-state index in [1.165, 1.54) is 0 Å². The molecule has 1 saturated heterocycles. The minimum absolute atomic E-state index is 0.0390. The standard InChI is InChI=1S/C13H17N3O/c1-13(4-6-14-7-5-13)17-11-2-3-12-10(8-11)9-15-16-12/h2-3,8-9,14H,4-7H2,1H3,(H,15,16). The van der Waals surface area contributed by atoms with Crippen LogP contribution in [0.1, 0.15) is 19.8 Å². The summed E-state index contributed by atoms with van der Waals surface area (Å²) in [4.78, 5) is 0. The Morgan fingerprint density at radius 3 is 2.94 bits per heavy atom. The Bertz CT molecular complexity index is 514. The third-order valence-corrected chi connectivity index (χ3v) is 3.44. The fourth-order valence-electron chi connectivity index (χ4n) is 2.33. The molecule has 2 heterocycles. The zero-order valence-electron chi connectivity index (χ0n) is 9.99. The maximum atomic E-state index is 6.14. The highest BCUT2D eigenvalue weighted by molar-refractivity contribution is 5.79. The van der Waals surface area contributed by atoms with E-state index in [0.717, 1.165) is 42.6 Å². The van der Waals surface area contributed by atoms with Crippen molar-refractivity contribution >= 4 is 10.9 Å². The van der Waals surface area contributed by atoms with Gasteiger partial charge in [0.15, 0.2) is 0 Å². The van der Waals surface area contributed by atoms with E-state index >= 15 is 0 Å². The molecule has 4 nitrogen and oxygen atoms in total. The number of nitrogens with zero attached hydrogens (tertiary/aromatic N) is 1. The number of hydrogen-bond acceptors (Lipinski definition) is 3. The van der Waals surface area contributed by atoms with Gasteiger partial charge in [-0.15, -0.1) is 0 Å². The van der Waals surface area contributed by atoms with E-state index in [2.05, 4.69) is 22.4 Å². The van der Waals surface area contributed by atoms with Gasteiger partial charge in [0.25, 0.3) is 0 Å². The number of rotatable bonds is 2. The van der Waals surface area contributed by atoms with Crippen molar-refractivity contribution in [3.05, 3.63) is 24.4 Å². The quantitative estimate of drug-likeness (QED) is 0.832. The molecule has 2 aromatic rings. The molecule has 1 fully saturated rings. The lowest BCUT2D eigenvalue weighted by molar-refractivity contribution is 0.0557. The number of aromatic amines is 1. The highest BCUT2D eigenvalue weighted by Gasteiger charge is 2.28. The number of aromatic nitrogens is 2. The summed E-state index contributed by atoms with van der Waals surface area (Å²) in [6.07, 6.45) is 3.93. The first-order valence-corrected chi connectivity index (χ1v) is 6.08. The Morgan fingerprint density at radius 1 is 1.29 bits per heavy atom. The Balaban J connectivity index is 1.83. The first-order valence-electron chi connectivity index (χ1n) is 6.08. The molecule has 0 amide bonds. The number of ether oxygens (including phenoxy) is 1. The Labute approximate surface area is 100 Å². The van der Waals surface area contributed by atoms with Gasteiger partial charge in [-0.25, -0.2) is 0 Å². The van der Waals surface area contributed by atoms with Gasteiger partial charge in [-0.1, -0.05) is 0 Å². The largest absolute Gasteiger partial charge is 0.487 e. The van der Waals surface area contributed by atoms with Gasteiger partial charge in [0, 0.05) is 5.39 Å². The van der Waals surface area contributed by atoms with Crippen molar-refractivity contribution in [2.24, 2.45) is 0 Å². The predicted molar refractivity (Wildman–Crippen MR) is 67.2 cm³/mol. The first kappa shape index (κ1) is 10.6. The topological polar surface area (TPSA) is 49.9 Å². The van der Waals surface area contributed by atoms with Crippen LogP contribution in [0.5, 0.6) is 5.75 Å². The van der Waals surface area contributed by atoms with Crippen molar-refractivity contribution < 1.29 is 4.74 Å². The molecule has 3 rings (SSSR count). The molecule has 90 valence electrons. The van der Waals surface area contributed by atoms with Crippen LogP contribution >= 0.6 is 0 Å². The molecule has 0 radical (unpaired) electrons. The van der Waals surface area contributed by atoms with Gasteiger partial charge in [-0.2, -0.15) is 5.10 Å². The molecule has 1 aliphatic rings. The van der Waals surface area contributed by atoms with Crippen LogP contribution in [0, 0.1) is 0 Å². The van der Waals surface area contributed by atoms with Crippen LogP contribution in [0.2, 0.25) is 0 Å². The van der Waals surface area contributed by atoms with Crippen molar-refractivity contribution in [2.45, 2.75) is 25.4 Å². The molecule has 1 aromatic heterocycles. The average molecular weight is 231 g/mol. The van der Waals surface area contributed by atoms with Gasteiger partial charge < -0.3 is 10.1 Å². The second-order valence-corrected chi connectivity index (χ2v) is 4.92. The Morgan fingerprint density at radius 2 is 2.12 bits per heavy atom. The highest BCUT2D eigenvalue weighted by atomic mass is 16.5. The van der Waals surface area contributed by atoms with Gasteiger partial charge in [-0.3, -0.25) is 5.10 Å². The predicted octanol–water partition coefficient (Wildman–Crippen LogP) is 2.08. The first-order chi connectivity index (χ1) is 8.25. The normalized spacial score (nSPS) is 19.4. The maximum absolute atomic E-state index is 6.14. The molecule has 0 unspecified atom stereocenters. The number of nitrogens with one attached hydrogen (secondary N) is 2. The molecule has 1 aromatic carbocycles. The summed E-state index contributed by atoms with van der Waals surface area (Å²) < 4.78 is 6.14. The maximum Gasteiger partial charge on any atom is 0.120 e. The number of piperidine rings is 1. The molecular formula is C13H17N3O. The van der Waals surface area contributed by atoms with Gasteiger partial charge in [-0.05, 0) is 51.1 Å². The zero-order chi connectivity index (χ0) is 11.7. The van der Waals surface area contributed by atoms with Gasteiger partial charge in [0.1, 0.15) is 11.4 Å². The summed E-state index contributed by atoms with van der Waals surface area (Å²) >= 11 is 0. The number of benzene rings is 1. The van der Waals surface area contributed by atoms with Crippen molar-refractivity contribution in [3.63, 3.8) is 0 Å². The van der Waals surface area contributed by atoms with Crippen molar-refractivity contribution in [3.8, 4) is 5.75 Å². The van der Waals surface area contributed by atoms with E-state index in [9.17, 15) is 0 Å². The van der Waals surface area contributed by atoms with Crippen LogP contribution in [-0.4, -0.2) is 28.9 Å². The number of hydrogen-bond donors (Lipinski definition) is 2. The summed E-state index contributed by atoms with van der Waals surface area (Å²) in [5, 5.41) is 11.4. The molecule has 17 heavy (non-hydrogen) atoms. The summed E-state index contributed by atoms with van der Waals surface area (Å²) in [7, 11) is 0. The van der Waals surface area contributed by atoms with E-state index in [0.29, 0.717) is 0 Å². The van der Waals surface area contributed by atoms with E-state index < -0.39 is 0 Å². The number of fused-ring (bicyclic) bond motifs is 1. The SMILES string of the molecule is CC1(Oc2ccc3[nH]ncc3c2)CCNCC1. The fraction of sp³-hybridized carbons (Fsp3) is 0.462. The summed E-state index contributed by atoms with van der Waals surface area (Å²) in [6, 6.07) is 6.07. The zero-order valence-corrected chi connectivity index (χ0v) is 9.99. The van der Waals surface area contributed by atoms with Crippen molar-refractivity contribution in [2.75, 3.05) is 13.1 Å². The highest BCUT2D eigenvalue weighted by Crippen LogP contribution is 2.27. The number of H-pyrrole nitrogens is 1. The van der Waals surface area contributed by atoms with E-state index in [1.807, 2.05) is 24.4 Å². The molecule has 0 bridgehead atoms. The van der Waals surface area contributed by atoms with Gasteiger partial charge in [0.2, 0.25) is 0 Å². The average Bonchev–Trinajstić information content (AvgIpc) is 2.76. The van der Waals surface area contributed by atoms with Crippen LogP contribution in [0.25, 0.3) is 10.9 Å². The molecule has 0 spiro atoms. The molecule has 4 heteroatoms. The third-order valence-electron chi connectivity index (χ3n) is 3.44. The van der Waals surface area contributed by atoms with Crippen LogP contribution in [0.3, 0.4) is 0 Å². The molecule has 0 saturated carbocycles. The van der Waals surface area contributed by atoms with Crippen molar-refractivity contribution in [1.29, 1.82) is 0 Å². The summed E-state index contributed by atoms with van der Waals surface area (Å²) in [5.41, 5.74) is 1.01. The second-order valence-electron chi connectivity index (χ2n) is 4.92. The molecule has 2 N–H and O–H groups in total. The minimum atomic E-state index is -0.0390. The van der Waals surface area contributed by atoms with Crippen LogP contribution in [-0.2, 0) is 0 Å². The fourth-order valence-corrected chi connectivity index (χ4v) is 2.33. The van der Waals surface area contributed by atoms with Gasteiger partial charge >= 0.3 is 0 Å². The summed E-state index contributed by atoms with van der Waals surface area (Å²) in [5.74, 6) is 0.934. The van der Waals surface area contributed by atoms with E-state index in [1.54, 1.807) is 0 Å². The lowest BCUT2D eigenvalue weighted by Gasteiger charge is -2.34. The Hall–Kier alpha value is -1.55. The summed E-state index contributed by atoms with van der Waals surface area (Å²) in [6.45, 7) is 4.25. The van der Waals surface area contributed by atoms with Gasteiger partial charge in [0.05, 0.1) is 11.7 Å². The lowest BCUT2D eigenvalue weighted by atomic mass is 9.94. The molecular weight excluding hydrogens is 214 g/mol. The van der Waals surface area contributed by atoms with Crippen molar-refractivity contribution in [1.82, 2.24) is 15.5 Å². The van der Waals surface area contributed by atoms with E-state index in [4.69, 9.17) is 4.74 Å². The minimum Gasteiger partial charge on any atom is -0.487 e. The second kappa shape index (κ2) is 4.04. The van der Waals surface area contributed by atoms with Crippen LogP contribution in [0.4, 0.5) is 0 Å². The van der Waals surface area contributed by atoms with Crippen LogP contribution < -0.4 is 10.1 Å². The third kappa shape index (κ3) is 2.13. The lowest BCUT2D eigenvalue weighted by Crippen LogP contribution is -2.43. The molecule has 1 aliphatic heterocycles. The molecule has 0 aliphatic carbocycles. The smallest absolute Gasteiger partial charge is 0.120 e. The van der Waals surface area contributed by atoms with Crippen LogP contribution in [0.15, 0.2) is 24.4 Å². The molecule has 0 atom stereocenters. The monoisotopic (exact) mass is 231 g/mol.